The summed E-state index contributed by atoms with van der Waals surface area (Å²) in [6, 6.07) is 1.73. The molecule has 0 unspecified atom stereocenters. The van der Waals surface area contributed by atoms with Gasteiger partial charge in [0.05, 0.1) is 23.9 Å². The first-order valence-corrected chi connectivity index (χ1v) is 6.49. The van der Waals surface area contributed by atoms with E-state index in [1.54, 1.807) is 12.3 Å². The van der Waals surface area contributed by atoms with E-state index in [1.807, 2.05) is 27.7 Å². The van der Waals surface area contributed by atoms with Gasteiger partial charge in [-0.2, -0.15) is 0 Å². The average molecular weight is 278 g/mol. The van der Waals surface area contributed by atoms with Crippen molar-refractivity contribution in [2.45, 2.75) is 45.3 Å². The van der Waals surface area contributed by atoms with Crippen molar-refractivity contribution >= 4 is 18.7 Å². The maximum Gasteiger partial charge on any atom is 0.514 e. The number of carbonyl (C=O) groups is 1. The summed E-state index contributed by atoms with van der Waals surface area (Å²) in [5.74, 6) is 0.0140. The minimum Gasteiger partial charge on any atom is -0.469 e. The Balaban J connectivity index is 2.19. The summed E-state index contributed by atoms with van der Waals surface area (Å²) in [5, 5.41) is 0. The molecule has 6 nitrogen and oxygen atoms in total. The van der Waals surface area contributed by atoms with Crippen molar-refractivity contribution in [1.29, 1.82) is 0 Å². The quantitative estimate of drug-likeness (QED) is 0.592. The van der Waals surface area contributed by atoms with Crippen LogP contribution in [0.2, 0.25) is 0 Å². The lowest BCUT2D eigenvalue weighted by molar-refractivity contribution is -0.139. The topological polar surface area (TPSA) is 70.5 Å². The third-order valence-electron chi connectivity index (χ3n) is 3.75. The first-order valence-electron chi connectivity index (χ1n) is 6.49. The van der Waals surface area contributed by atoms with Crippen LogP contribution in [-0.2, 0) is 25.3 Å². The van der Waals surface area contributed by atoms with Gasteiger partial charge in [0.2, 0.25) is 0 Å². The van der Waals surface area contributed by atoms with E-state index in [4.69, 9.17) is 9.31 Å². The van der Waals surface area contributed by atoms with Gasteiger partial charge < -0.3 is 14.0 Å². The summed E-state index contributed by atoms with van der Waals surface area (Å²) < 4.78 is 16.4. The average Bonchev–Trinajstić information content (AvgIpc) is 2.59. The molecule has 1 saturated heterocycles. The minimum absolute atomic E-state index is 0.0316. The molecule has 0 aliphatic carbocycles. The summed E-state index contributed by atoms with van der Waals surface area (Å²) in [6.45, 7) is 7.90. The molecule has 0 amide bonds. The fourth-order valence-electron chi connectivity index (χ4n) is 1.80. The Labute approximate surface area is 119 Å². The maximum absolute atomic E-state index is 11.3. The van der Waals surface area contributed by atoms with E-state index in [-0.39, 0.29) is 12.4 Å². The fourth-order valence-corrected chi connectivity index (χ4v) is 1.80. The lowest BCUT2D eigenvalue weighted by atomic mass is 9.84. The van der Waals surface area contributed by atoms with Crippen molar-refractivity contribution in [3.63, 3.8) is 0 Å². The van der Waals surface area contributed by atoms with E-state index in [9.17, 15) is 4.79 Å². The second-order valence-electron chi connectivity index (χ2n) is 5.74. The highest BCUT2D eigenvalue weighted by molar-refractivity contribution is 6.61. The lowest BCUT2D eigenvalue weighted by Crippen LogP contribution is -2.41. The number of ether oxygens (including phenoxy) is 1. The Kier molecular flexibility index (Phi) is 3.84. The predicted octanol–water partition coefficient (Wildman–Crippen LogP) is 0.491. The van der Waals surface area contributed by atoms with E-state index >= 15 is 0 Å². The van der Waals surface area contributed by atoms with Crippen molar-refractivity contribution in [3.8, 4) is 0 Å². The summed E-state index contributed by atoms with van der Waals surface area (Å²) >= 11 is 0. The van der Waals surface area contributed by atoms with Gasteiger partial charge >= 0.3 is 13.1 Å². The molecule has 1 aliphatic heterocycles. The molecule has 0 radical (unpaired) electrons. The molecule has 20 heavy (non-hydrogen) atoms. The largest absolute Gasteiger partial charge is 0.514 e. The summed E-state index contributed by atoms with van der Waals surface area (Å²) in [6.07, 6.45) is 1.62. The smallest absolute Gasteiger partial charge is 0.469 e. The van der Waals surface area contributed by atoms with Crippen molar-refractivity contribution in [2.24, 2.45) is 0 Å². The minimum atomic E-state index is -0.556. The molecule has 0 atom stereocenters. The summed E-state index contributed by atoms with van der Waals surface area (Å²) in [4.78, 5) is 19.6. The number of esters is 1. The molecule has 108 valence electrons. The van der Waals surface area contributed by atoms with Gasteiger partial charge in [0.15, 0.2) is 0 Å². The molecule has 1 aromatic rings. The normalized spacial score (nSPS) is 19.9. The SMILES string of the molecule is COC(=O)Cc1nccc(B2OC(C)(C)C(C)(C)O2)n1. The van der Waals surface area contributed by atoms with E-state index in [1.165, 1.54) is 7.11 Å². The maximum atomic E-state index is 11.3. The first kappa shape index (κ1) is 14.9. The monoisotopic (exact) mass is 278 g/mol. The molecule has 1 aliphatic rings. The zero-order chi connectivity index (χ0) is 15.0. The van der Waals surface area contributed by atoms with Crippen LogP contribution in [-0.4, -0.2) is 41.4 Å². The van der Waals surface area contributed by atoms with E-state index in [2.05, 4.69) is 14.7 Å². The molecule has 0 saturated carbocycles. The Bertz CT molecular complexity index is 503. The Morgan fingerprint density at radius 2 is 1.90 bits per heavy atom. The van der Waals surface area contributed by atoms with Crippen LogP contribution in [0.15, 0.2) is 12.3 Å². The molecule has 0 bridgehead atoms. The van der Waals surface area contributed by atoms with E-state index < -0.39 is 18.3 Å². The van der Waals surface area contributed by atoms with Crippen molar-refractivity contribution in [1.82, 2.24) is 9.97 Å². The number of methoxy groups -OCH3 is 1. The van der Waals surface area contributed by atoms with Crippen LogP contribution in [0.4, 0.5) is 0 Å². The second kappa shape index (κ2) is 5.14. The molecule has 1 aromatic heterocycles. The molecule has 2 heterocycles. The van der Waals surface area contributed by atoms with Gasteiger partial charge in [-0.15, -0.1) is 0 Å². The van der Waals surface area contributed by atoms with Gasteiger partial charge in [-0.1, -0.05) is 0 Å². The van der Waals surface area contributed by atoms with Crippen LogP contribution >= 0.6 is 0 Å². The van der Waals surface area contributed by atoms with Gasteiger partial charge in [0.1, 0.15) is 12.2 Å². The zero-order valence-corrected chi connectivity index (χ0v) is 12.5. The number of rotatable bonds is 3. The number of aromatic nitrogens is 2. The number of hydrogen-bond donors (Lipinski definition) is 0. The highest BCUT2D eigenvalue weighted by atomic mass is 16.7. The van der Waals surface area contributed by atoms with Crippen LogP contribution in [0.3, 0.4) is 0 Å². The third-order valence-corrected chi connectivity index (χ3v) is 3.75. The van der Waals surface area contributed by atoms with Crippen LogP contribution in [0, 0.1) is 0 Å². The molecule has 2 rings (SSSR count). The molecule has 7 heteroatoms. The van der Waals surface area contributed by atoms with Gasteiger partial charge in [-0.25, -0.2) is 9.97 Å². The number of hydrogen-bond acceptors (Lipinski definition) is 6. The Morgan fingerprint density at radius 1 is 1.30 bits per heavy atom. The molecular weight excluding hydrogens is 259 g/mol. The van der Waals surface area contributed by atoms with Crippen molar-refractivity contribution in [3.05, 3.63) is 18.1 Å². The zero-order valence-electron chi connectivity index (χ0n) is 12.5. The van der Waals surface area contributed by atoms with Gasteiger partial charge in [0, 0.05) is 6.20 Å². The van der Waals surface area contributed by atoms with Gasteiger partial charge in [-0.05, 0) is 33.8 Å². The number of nitrogens with zero attached hydrogens (tertiary/aromatic N) is 2. The molecule has 0 aromatic carbocycles. The molecule has 1 fully saturated rings. The lowest BCUT2D eigenvalue weighted by Gasteiger charge is -2.32. The summed E-state index contributed by atoms with van der Waals surface area (Å²) in [5.41, 5.74) is -0.242. The Hall–Kier alpha value is -1.47. The van der Waals surface area contributed by atoms with E-state index in [0.29, 0.717) is 11.4 Å². The Morgan fingerprint density at radius 3 is 2.45 bits per heavy atom. The van der Waals surface area contributed by atoms with Crippen LogP contribution in [0.5, 0.6) is 0 Å². The first-order chi connectivity index (χ1) is 9.25. The molecular formula is C13H19BN2O4. The predicted molar refractivity (Wildman–Crippen MR) is 73.5 cm³/mol. The summed E-state index contributed by atoms with van der Waals surface area (Å²) in [7, 11) is 0.778. The highest BCUT2D eigenvalue weighted by Crippen LogP contribution is 2.36. The standard InChI is InChI=1S/C13H19BN2O4/c1-12(2)13(3,4)20-14(19-12)9-6-7-15-10(16-9)8-11(17)18-5/h6-7H,8H2,1-5H3. The van der Waals surface area contributed by atoms with Gasteiger partial charge in [-0.3, -0.25) is 4.79 Å². The fraction of sp³-hybridized carbons (Fsp3) is 0.615. The second-order valence-corrected chi connectivity index (χ2v) is 5.74. The highest BCUT2D eigenvalue weighted by Gasteiger charge is 2.52. The van der Waals surface area contributed by atoms with Crippen LogP contribution < -0.4 is 5.59 Å². The number of carbonyl (C=O) groups excluding carboxylic acids is 1. The molecule has 0 N–H and O–H groups in total. The third kappa shape index (κ3) is 2.83. The van der Waals surface area contributed by atoms with Crippen LogP contribution in [0.25, 0.3) is 0 Å². The van der Waals surface area contributed by atoms with Crippen LogP contribution in [0.1, 0.15) is 33.5 Å². The van der Waals surface area contributed by atoms with Crippen molar-refractivity contribution in [2.75, 3.05) is 7.11 Å². The van der Waals surface area contributed by atoms with E-state index in [0.717, 1.165) is 0 Å². The molecule has 0 spiro atoms. The van der Waals surface area contributed by atoms with Gasteiger partial charge in [0.25, 0.3) is 0 Å². The van der Waals surface area contributed by atoms with Crippen molar-refractivity contribution < 1.29 is 18.8 Å².